The van der Waals surface area contributed by atoms with Crippen molar-refractivity contribution in [1.82, 2.24) is 4.72 Å². The highest BCUT2D eigenvalue weighted by molar-refractivity contribution is 7.89. The Morgan fingerprint density at radius 1 is 1.40 bits per heavy atom. The largest absolute Gasteiger partial charge is 0.399 e. The second-order valence-corrected chi connectivity index (χ2v) is 7.00. The van der Waals surface area contributed by atoms with Gasteiger partial charge in [-0.05, 0) is 43.9 Å². The molecule has 1 aliphatic carbocycles. The summed E-state index contributed by atoms with van der Waals surface area (Å²) in [6.45, 7) is 1.89. The lowest BCUT2D eigenvalue weighted by atomic mass is 10.0. The average molecular weight is 293 g/mol. The number of nitrogens with two attached hydrogens (primary N) is 1. The lowest BCUT2D eigenvalue weighted by Crippen LogP contribution is -2.37. The Morgan fingerprint density at radius 2 is 2.05 bits per heavy atom. The zero-order valence-corrected chi connectivity index (χ0v) is 12.3. The van der Waals surface area contributed by atoms with E-state index in [1.807, 2.05) is 13.0 Å². The molecule has 1 fully saturated rings. The lowest BCUT2D eigenvalue weighted by molar-refractivity contribution is 0.424. The van der Waals surface area contributed by atoms with Gasteiger partial charge >= 0.3 is 0 Å². The van der Waals surface area contributed by atoms with Gasteiger partial charge in [-0.3, -0.25) is 0 Å². The van der Waals surface area contributed by atoms with Gasteiger partial charge in [0, 0.05) is 11.7 Å². The molecule has 3 N–H and O–H groups in total. The number of hydrogen-bond acceptors (Lipinski definition) is 4. The van der Waals surface area contributed by atoms with Gasteiger partial charge in [-0.25, -0.2) is 13.1 Å². The van der Waals surface area contributed by atoms with Gasteiger partial charge in [-0.2, -0.15) is 5.26 Å². The van der Waals surface area contributed by atoms with E-state index in [0.717, 1.165) is 25.7 Å². The van der Waals surface area contributed by atoms with Crippen LogP contribution in [0.15, 0.2) is 23.1 Å². The van der Waals surface area contributed by atoms with Crippen LogP contribution in [0.4, 0.5) is 5.69 Å². The topological polar surface area (TPSA) is 96.0 Å². The molecule has 2 rings (SSSR count). The number of benzene rings is 1. The third kappa shape index (κ3) is 3.11. The number of nitrogen functional groups attached to an aromatic ring is 1. The minimum Gasteiger partial charge on any atom is -0.399 e. The fourth-order valence-electron chi connectivity index (χ4n) is 2.73. The van der Waals surface area contributed by atoms with Crippen LogP contribution in [0.5, 0.6) is 0 Å². The molecular weight excluding hydrogens is 274 g/mol. The number of nitrogens with one attached hydrogen (secondary N) is 1. The van der Waals surface area contributed by atoms with Gasteiger partial charge in [0.15, 0.2) is 0 Å². The number of sulfonamides is 1. The van der Waals surface area contributed by atoms with Gasteiger partial charge < -0.3 is 5.73 Å². The summed E-state index contributed by atoms with van der Waals surface area (Å²) in [5.74, 6) is 0.379. The Kier molecular flexibility index (Phi) is 4.31. The van der Waals surface area contributed by atoms with Gasteiger partial charge in [0.05, 0.1) is 10.5 Å². The van der Waals surface area contributed by atoms with Crippen molar-refractivity contribution < 1.29 is 8.42 Å². The Labute approximate surface area is 119 Å². The first-order chi connectivity index (χ1) is 9.44. The van der Waals surface area contributed by atoms with Crippen molar-refractivity contribution in [3.8, 4) is 6.07 Å². The smallest absolute Gasteiger partial charge is 0.242 e. The molecule has 0 saturated heterocycles. The maximum Gasteiger partial charge on any atom is 0.242 e. The van der Waals surface area contributed by atoms with Crippen molar-refractivity contribution >= 4 is 15.7 Å². The first-order valence-corrected chi connectivity index (χ1v) is 8.24. The molecule has 0 heterocycles. The summed E-state index contributed by atoms with van der Waals surface area (Å²) in [6, 6.07) is 6.03. The quantitative estimate of drug-likeness (QED) is 0.830. The molecule has 20 heavy (non-hydrogen) atoms. The standard InChI is InChI=1S/C14H19N3O2S/c1-10(11-4-2-3-5-11)17-20(18,19)14-7-6-13(16)8-12(14)9-15/h6-8,10-11,17H,2-5,16H2,1H3. The van der Waals surface area contributed by atoms with Crippen LogP contribution >= 0.6 is 0 Å². The molecule has 1 aromatic rings. The zero-order valence-electron chi connectivity index (χ0n) is 11.5. The summed E-state index contributed by atoms with van der Waals surface area (Å²) in [4.78, 5) is -0.000882. The third-order valence-corrected chi connectivity index (χ3v) is 5.48. The fraction of sp³-hybridized carbons (Fsp3) is 0.500. The van der Waals surface area contributed by atoms with Crippen molar-refractivity contribution in [2.75, 3.05) is 5.73 Å². The van der Waals surface area contributed by atoms with E-state index < -0.39 is 10.0 Å². The molecule has 0 aliphatic heterocycles. The highest BCUT2D eigenvalue weighted by Gasteiger charge is 2.27. The Bertz CT molecular complexity index is 628. The molecule has 1 saturated carbocycles. The summed E-state index contributed by atoms with van der Waals surface area (Å²) in [5.41, 5.74) is 6.04. The van der Waals surface area contributed by atoms with Crippen molar-refractivity contribution in [2.24, 2.45) is 5.92 Å². The predicted molar refractivity (Wildman–Crippen MR) is 77.3 cm³/mol. The van der Waals surface area contributed by atoms with Crippen molar-refractivity contribution in [2.45, 2.75) is 43.5 Å². The van der Waals surface area contributed by atoms with E-state index in [1.165, 1.54) is 18.2 Å². The van der Waals surface area contributed by atoms with Crippen LogP contribution in [0.2, 0.25) is 0 Å². The van der Waals surface area contributed by atoms with E-state index in [-0.39, 0.29) is 16.5 Å². The average Bonchev–Trinajstić information content (AvgIpc) is 2.91. The van der Waals surface area contributed by atoms with Crippen molar-refractivity contribution in [3.05, 3.63) is 23.8 Å². The molecular formula is C14H19N3O2S. The molecule has 6 heteroatoms. The molecule has 0 amide bonds. The molecule has 5 nitrogen and oxygen atoms in total. The Morgan fingerprint density at radius 3 is 2.65 bits per heavy atom. The number of nitrogens with zero attached hydrogens (tertiary/aromatic N) is 1. The molecule has 0 spiro atoms. The van der Waals surface area contributed by atoms with E-state index in [1.54, 1.807) is 0 Å². The minimum absolute atomic E-state index is 0.000882. The van der Waals surface area contributed by atoms with Gasteiger partial charge in [-0.15, -0.1) is 0 Å². The predicted octanol–water partition coefficient (Wildman–Crippen LogP) is 2.00. The van der Waals surface area contributed by atoms with Crippen molar-refractivity contribution in [1.29, 1.82) is 5.26 Å². The van der Waals surface area contributed by atoms with Gasteiger partial charge in [-0.1, -0.05) is 12.8 Å². The second kappa shape index (κ2) is 5.81. The molecule has 1 atom stereocenters. The van der Waals surface area contributed by atoms with Crippen LogP contribution < -0.4 is 10.5 Å². The Hall–Kier alpha value is -1.58. The van der Waals surface area contributed by atoms with Gasteiger partial charge in [0.25, 0.3) is 0 Å². The van der Waals surface area contributed by atoms with E-state index in [4.69, 9.17) is 11.0 Å². The highest BCUT2D eigenvalue weighted by Crippen LogP contribution is 2.28. The minimum atomic E-state index is -3.68. The number of rotatable bonds is 4. The molecule has 0 radical (unpaired) electrons. The first-order valence-electron chi connectivity index (χ1n) is 6.76. The fourth-order valence-corrected chi connectivity index (χ4v) is 4.18. The second-order valence-electron chi connectivity index (χ2n) is 5.32. The molecule has 108 valence electrons. The van der Waals surface area contributed by atoms with Crippen LogP contribution in [0.3, 0.4) is 0 Å². The van der Waals surface area contributed by atoms with Gasteiger partial charge in [0.1, 0.15) is 6.07 Å². The van der Waals surface area contributed by atoms with Crippen molar-refractivity contribution in [3.63, 3.8) is 0 Å². The summed E-state index contributed by atoms with van der Waals surface area (Å²) < 4.78 is 27.5. The SMILES string of the molecule is CC(NS(=O)(=O)c1ccc(N)cc1C#N)C1CCCC1. The highest BCUT2D eigenvalue weighted by atomic mass is 32.2. The Balaban J connectivity index is 2.24. The van der Waals surface area contributed by atoms with Crippen LogP contribution in [0.1, 0.15) is 38.2 Å². The molecule has 1 aromatic carbocycles. The van der Waals surface area contributed by atoms with E-state index in [2.05, 4.69) is 4.72 Å². The van der Waals surface area contributed by atoms with Crippen LogP contribution in [-0.4, -0.2) is 14.5 Å². The molecule has 1 aliphatic rings. The van der Waals surface area contributed by atoms with Crippen LogP contribution in [0.25, 0.3) is 0 Å². The lowest BCUT2D eigenvalue weighted by Gasteiger charge is -2.20. The van der Waals surface area contributed by atoms with Crippen LogP contribution in [-0.2, 0) is 10.0 Å². The maximum atomic E-state index is 12.4. The summed E-state index contributed by atoms with van der Waals surface area (Å²) in [7, 11) is -3.68. The summed E-state index contributed by atoms with van der Waals surface area (Å²) >= 11 is 0. The normalized spacial score (nSPS) is 17.8. The third-order valence-electron chi connectivity index (χ3n) is 3.86. The number of hydrogen-bond donors (Lipinski definition) is 2. The van der Waals surface area contributed by atoms with Crippen LogP contribution in [0, 0.1) is 17.2 Å². The van der Waals surface area contributed by atoms with E-state index in [9.17, 15) is 8.42 Å². The van der Waals surface area contributed by atoms with Gasteiger partial charge in [0.2, 0.25) is 10.0 Å². The van der Waals surface area contributed by atoms with E-state index in [0.29, 0.717) is 11.6 Å². The first kappa shape index (κ1) is 14.8. The monoisotopic (exact) mass is 293 g/mol. The molecule has 0 aromatic heterocycles. The zero-order chi connectivity index (χ0) is 14.8. The summed E-state index contributed by atoms with van der Waals surface area (Å²) in [6.07, 6.45) is 4.41. The summed E-state index contributed by atoms with van der Waals surface area (Å²) in [5, 5.41) is 9.05. The molecule has 0 bridgehead atoms. The maximum absolute atomic E-state index is 12.4. The number of anilines is 1. The van der Waals surface area contributed by atoms with E-state index >= 15 is 0 Å². The molecule has 1 unspecified atom stereocenters. The number of nitriles is 1.